The van der Waals surface area contributed by atoms with E-state index in [-0.39, 0.29) is 17.9 Å². The van der Waals surface area contributed by atoms with Gasteiger partial charge in [-0.15, -0.1) is 0 Å². The highest BCUT2D eigenvalue weighted by Gasteiger charge is 2.34. The van der Waals surface area contributed by atoms with Gasteiger partial charge in [-0.05, 0) is 81.3 Å². The van der Waals surface area contributed by atoms with Crippen LogP contribution in [0.2, 0.25) is 0 Å². The van der Waals surface area contributed by atoms with E-state index in [1.807, 2.05) is 18.2 Å². The summed E-state index contributed by atoms with van der Waals surface area (Å²) in [5.41, 5.74) is 3.83. The van der Waals surface area contributed by atoms with Gasteiger partial charge in [0.25, 0.3) is 5.91 Å². The van der Waals surface area contributed by atoms with Gasteiger partial charge in [0, 0.05) is 25.2 Å². The predicted octanol–water partition coefficient (Wildman–Crippen LogP) is 3.68. The fourth-order valence-electron chi connectivity index (χ4n) is 5.53. The zero-order valence-corrected chi connectivity index (χ0v) is 19.3. The lowest BCUT2D eigenvalue weighted by atomic mass is 9.90. The second-order valence-corrected chi connectivity index (χ2v) is 9.66. The van der Waals surface area contributed by atoms with Crippen molar-refractivity contribution in [3.63, 3.8) is 0 Å². The molecule has 174 valence electrons. The summed E-state index contributed by atoms with van der Waals surface area (Å²) >= 11 is 0. The lowest BCUT2D eigenvalue weighted by Crippen LogP contribution is -2.50. The summed E-state index contributed by atoms with van der Waals surface area (Å²) in [6.07, 6.45) is 6.69. The summed E-state index contributed by atoms with van der Waals surface area (Å²) in [5.74, 6) is 0.727. The van der Waals surface area contributed by atoms with E-state index in [2.05, 4.69) is 50.8 Å². The molecule has 2 aromatic carbocycles. The number of nitrogens with zero attached hydrogens (tertiary/aromatic N) is 2. The number of rotatable bonds is 6. The molecule has 3 aliphatic rings. The zero-order chi connectivity index (χ0) is 22.6. The minimum absolute atomic E-state index is 0.0513. The van der Waals surface area contributed by atoms with Crippen molar-refractivity contribution in [1.29, 1.82) is 0 Å². The number of hydrogen-bond donors (Lipinski definition) is 2. The summed E-state index contributed by atoms with van der Waals surface area (Å²) in [7, 11) is 0. The van der Waals surface area contributed by atoms with Gasteiger partial charge in [0.05, 0.1) is 11.4 Å². The zero-order valence-electron chi connectivity index (χ0n) is 19.3. The van der Waals surface area contributed by atoms with Crippen molar-refractivity contribution >= 4 is 23.2 Å². The highest BCUT2D eigenvalue weighted by atomic mass is 16.2. The fraction of sp³-hybridized carbons (Fsp3) is 0.481. The molecule has 2 aromatic rings. The Morgan fingerprint density at radius 2 is 1.82 bits per heavy atom. The van der Waals surface area contributed by atoms with Crippen LogP contribution in [0.5, 0.6) is 0 Å². The number of carbonyl (C=O) groups is 2. The third-order valence-electron chi connectivity index (χ3n) is 7.42. The van der Waals surface area contributed by atoms with Gasteiger partial charge in [0.15, 0.2) is 0 Å². The lowest BCUT2D eigenvalue weighted by Gasteiger charge is -2.41. The second-order valence-electron chi connectivity index (χ2n) is 9.66. The number of benzene rings is 2. The maximum Gasteiger partial charge on any atom is 0.251 e. The smallest absolute Gasteiger partial charge is 0.251 e. The molecule has 2 amide bonds. The Kier molecular flexibility index (Phi) is 6.63. The molecule has 1 unspecified atom stereocenters. The molecule has 2 N–H and O–H groups in total. The number of fused-ring (bicyclic) bond motifs is 3. The Labute approximate surface area is 196 Å². The standard InChI is InChI=1S/C27H34N4O2/c32-26(22-9-10-24-23(19-22)29-27(33)25-8-4-5-14-31(24)25)28-13-17-30-15-11-21(12-16-30)18-20-6-2-1-3-7-20/h1-3,6-7,9-10,19,21,25H,4-5,8,11-18H2,(H,28,32)(H,29,33). The summed E-state index contributed by atoms with van der Waals surface area (Å²) in [6, 6.07) is 16.4. The molecule has 0 aromatic heterocycles. The number of hydrogen-bond acceptors (Lipinski definition) is 4. The molecule has 2 fully saturated rings. The molecule has 0 spiro atoms. The summed E-state index contributed by atoms with van der Waals surface area (Å²) in [6.45, 7) is 4.60. The number of carbonyl (C=O) groups excluding carboxylic acids is 2. The Hall–Kier alpha value is -2.86. The number of piperidine rings is 2. The minimum atomic E-state index is -0.0771. The Balaban J connectivity index is 1.09. The van der Waals surface area contributed by atoms with Gasteiger partial charge in [0.2, 0.25) is 5.91 Å². The van der Waals surface area contributed by atoms with Crippen LogP contribution in [0.1, 0.15) is 48.0 Å². The van der Waals surface area contributed by atoms with Crippen LogP contribution in [0, 0.1) is 5.92 Å². The molecule has 0 bridgehead atoms. The fourth-order valence-corrected chi connectivity index (χ4v) is 5.53. The van der Waals surface area contributed by atoms with Gasteiger partial charge in [-0.25, -0.2) is 0 Å². The van der Waals surface area contributed by atoms with Crippen LogP contribution in [0.4, 0.5) is 11.4 Å². The predicted molar refractivity (Wildman–Crippen MR) is 132 cm³/mol. The molecule has 6 nitrogen and oxygen atoms in total. The van der Waals surface area contributed by atoms with E-state index < -0.39 is 0 Å². The SMILES string of the molecule is O=C(NCCN1CCC(Cc2ccccc2)CC1)c1ccc2c(c1)NC(=O)C1CCCCN21. The normalized spacial score (nSPS) is 21.2. The van der Waals surface area contributed by atoms with Crippen LogP contribution in [-0.2, 0) is 11.2 Å². The topological polar surface area (TPSA) is 64.7 Å². The van der Waals surface area contributed by atoms with Crippen molar-refractivity contribution in [2.45, 2.75) is 44.6 Å². The van der Waals surface area contributed by atoms with Gasteiger partial charge in [-0.1, -0.05) is 30.3 Å². The average molecular weight is 447 g/mol. The first-order chi connectivity index (χ1) is 16.2. The quantitative estimate of drug-likeness (QED) is 0.711. The van der Waals surface area contributed by atoms with Crippen molar-refractivity contribution in [3.05, 3.63) is 59.7 Å². The molecular weight excluding hydrogens is 412 g/mol. The third kappa shape index (κ3) is 5.06. The summed E-state index contributed by atoms with van der Waals surface area (Å²) in [4.78, 5) is 29.9. The third-order valence-corrected chi connectivity index (χ3v) is 7.42. The van der Waals surface area contributed by atoms with Crippen molar-refractivity contribution in [2.75, 3.05) is 42.9 Å². The van der Waals surface area contributed by atoms with Crippen molar-refractivity contribution in [3.8, 4) is 0 Å². The largest absolute Gasteiger partial charge is 0.358 e. The molecule has 0 saturated carbocycles. The Morgan fingerprint density at radius 1 is 1.00 bits per heavy atom. The van der Waals surface area contributed by atoms with Crippen LogP contribution in [0.15, 0.2) is 48.5 Å². The van der Waals surface area contributed by atoms with Crippen molar-refractivity contribution in [2.24, 2.45) is 5.92 Å². The van der Waals surface area contributed by atoms with Crippen LogP contribution < -0.4 is 15.5 Å². The van der Waals surface area contributed by atoms with Crippen LogP contribution in [0.3, 0.4) is 0 Å². The number of likely N-dealkylation sites (tertiary alicyclic amines) is 1. The number of anilines is 2. The van der Waals surface area contributed by atoms with Gasteiger partial charge in [-0.3, -0.25) is 9.59 Å². The first kappa shape index (κ1) is 22.0. The van der Waals surface area contributed by atoms with Gasteiger partial charge < -0.3 is 20.4 Å². The summed E-state index contributed by atoms with van der Waals surface area (Å²) < 4.78 is 0. The molecule has 2 saturated heterocycles. The monoisotopic (exact) mass is 446 g/mol. The molecule has 5 rings (SSSR count). The van der Waals surface area contributed by atoms with Crippen molar-refractivity contribution < 1.29 is 9.59 Å². The lowest BCUT2D eigenvalue weighted by molar-refractivity contribution is -0.118. The van der Waals surface area contributed by atoms with Crippen molar-refractivity contribution in [1.82, 2.24) is 10.2 Å². The summed E-state index contributed by atoms with van der Waals surface area (Å²) in [5, 5.41) is 6.08. The molecule has 6 heteroatoms. The highest BCUT2D eigenvalue weighted by Crippen LogP contribution is 2.36. The van der Waals surface area contributed by atoms with E-state index in [1.165, 1.54) is 24.8 Å². The average Bonchev–Trinajstić information content (AvgIpc) is 2.85. The van der Waals surface area contributed by atoms with E-state index in [9.17, 15) is 9.59 Å². The molecule has 3 aliphatic heterocycles. The van der Waals surface area contributed by atoms with Crippen LogP contribution in [0.25, 0.3) is 0 Å². The van der Waals surface area contributed by atoms with E-state index in [4.69, 9.17) is 0 Å². The number of nitrogens with one attached hydrogen (secondary N) is 2. The van der Waals surface area contributed by atoms with E-state index in [1.54, 1.807) is 0 Å². The molecule has 3 heterocycles. The Morgan fingerprint density at radius 3 is 2.64 bits per heavy atom. The van der Waals surface area contributed by atoms with Crippen LogP contribution in [-0.4, -0.2) is 55.5 Å². The van der Waals surface area contributed by atoms with E-state index >= 15 is 0 Å². The molecular formula is C27H34N4O2. The molecule has 33 heavy (non-hydrogen) atoms. The minimum Gasteiger partial charge on any atom is -0.358 e. The second kappa shape index (κ2) is 9.96. The van der Waals surface area contributed by atoms with E-state index in [0.717, 1.165) is 62.7 Å². The van der Waals surface area contributed by atoms with E-state index in [0.29, 0.717) is 12.1 Å². The van der Waals surface area contributed by atoms with Gasteiger partial charge >= 0.3 is 0 Å². The molecule has 0 radical (unpaired) electrons. The van der Waals surface area contributed by atoms with Gasteiger partial charge in [0.1, 0.15) is 6.04 Å². The molecule has 1 atom stereocenters. The first-order valence-electron chi connectivity index (χ1n) is 12.4. The maximum atomic E-state index is 12.7. The number of amides is 2. The Bertz CT molecular complexity index is 985. The van der Waals surface area contributed by atoms with Crippen LogP contribution >= 0.6 is 0 Å². The highest BCUT2D eigenvalue weighted by molar-refractivity contribution is 6.05. The van der Waals surface area contributed by atoms with Gasteiger partial charge in [-0.2, -0.15) is 0 Å². The maximum absolute atomic E-state index is 12.7. The molecule has 0 aliphatic carbocycles. The first-order valence-corrected chi connectivity index (χ1v) is 12.4.